The molecule has 6 nitrogen and oxygen atoms in total. The normalized spacial score (nSPS) is 11.7. The maximum absolute atomic E-state index is 13.5. The lowest BCUT2D eigenvalue weighted by Crippen LogP contribution is -2.12. The largest absolute Gasteiger partial charge is 0.478 e. The van der Waals surface area contributed by atoms with Crippen LogP contribution in [0.4, 0.5) is 0 Å². The fourth-order valence-corrected chi connectivity index (χ4v) is 5.86. The maximum Gasteiger partial charge on any atom is 0.268 e. The highest BCUT2D eigenvalue weighted by Gasteiger charge is 2.23. The highest BCUT2D eigenvalue weighted by atomic mass is 32.2. The van der Waals surface area contributed by atoms with Gasteiger partial charge in [-0.15, -0.1) is 0 Å². The number of ether oxygens (including phenoxy) is 1. The first kappa shape index (κ1) is 25.5. The molecule has 0 aliphatic heterocycles. The fourth-order valence-electron chi connectivity index (χ4n) is 4.50. The van der Waals surface area contributed by atoms with Crippen molar-refractivity contribution in [2.45, 2.75) is 58.8 Å². The van der Waals surface area contributed by atoms with E-state index in [2.05, 4.69) is 6.92 Å². The van der Waals surface area contributed by atoms with E-state index in [0.29, 0.717) is 17.5 Å². The van der Waals surface area contributed by atoms with Crippen LogP contribution in [-0.4, -0.2) is 24.0 Å². The number of fused-ring (bicyclic) bond motifs is 1. The van der Waals surface area contributed by atoms with Gasteiger partial charge in [-0.05, 0) is 91.8 Å². The van der Waals surface area contributed by atoms with E-state index in [4.69, 9.17) is 15.0 Å². The lowest BCUT2D eigenvalue weighted by Gasteiger charge is -2.16. The van der Waals surface area contributed by atoms with Gasteiger partial charge in [-0.25, -0.2) is 12.4 Å². The van der Waals surface area contributed by atoms with E-state index in [1.165, 1.54) is 3.97 Å². The van der Waals surface area contributed by atoms with E-state index in [9.17, 15) is 8.42 Å². The van der Waals surface area contributed by atoms with E-state index in [1.54, 1.807) is 18.3 Å². The van der Waals surface area contributed by atoms with Gasteiger partial charge in [0.05, 0.1) is 15.9 Å². The summed E-state index contributed by atoms with van der Waals surface area (Å²) in [6.45, 7) is 12.1. The number of nitriles is 1. The first-order valence-electron chi connectivity index (χ1n) is 12.0. The zero-order valence-electron chi connectivity index (χ0n) is 21.6. The standard InChI is InChI=1S/C29H31N3O3S/c1-18(2)26-17-32(36(33,34)24-10-7-19(3)8-11-24)27-12-9-23(31-29(26)27)16-25-20(4)15-28(35-14-13-30)22(6)21(25)5/h7-12,15,17-18H,14,16H2,1-6H3. The van der Waals surface area contributed by atoms with Gasteiger partial charge in [0.1, 0.15) is 11.8 Å². The van der Waals surface area contributed by atoms with E-state index in [-0.39, 0.29) is 17.4 Å². The Kier molecular flexibility index (Phi) is 6.92. The lowest BCUT2D eigenvalue weighted by atomic mass is 9.94. The Labute approximate surface area is 213 Å². The van der Waals surface area contributed by atoms with Crippen LogP contribution in [0.3, 0.4) is 0 Å². The Bertz CT molecular complexity index is 1590. The van der Waals surface area contributed by atoms with Gasteiger partial charge < -0.3 is 4.74 Å². The molecular formula is C29H31N3O3S. The zero-order chi connectivity index (χ0) is 26.2. The van der Waals surface area contributed by atoms with Crippen LogP contribution in [0.25, 0.3) is 11.0 Å². The molecule has 0 saturated heterocycles. The number of aryl methyl sites for hydroxylation is 2. The second-order valence-electron chi connectivity index (χ2n) is 9.57. The minimum Gasteiger partial charge on any atom is -0.478 e. The van der Waals surface area contributed by atoms with E-state index < -0.39 is 10.0 Å². The molecule has 2 heterocycles. The number of benzene rings is 2. The number of hydrogen-bond donors (Lipinski definition) is 0. The average molecular weight is 502 g/mol. The summed E-state index contributed by atoms with van der Waals surface area (Å²) in [5.41, 5.74) is 8.38. The summed E-state index contributed by atoms with van der Waals surface area (Å²) >= 11 is 0. The van der Waals surface area contributed by atoms with Crippen molar-refractivity contribution in [2.24, 2.45) is 0 Å². The van der Waals surface area contributed by atoms with Gasteiger partial charge in [0, 0.05) is 18.3 Å². The summed E-state index contributed by atoms with van der Waals surface area (Å²) < 4.78 is 34.0. The molecule has 0 aliphatic carbocycles. The predicted molar refractivity (Wildman–Crippen MR) is 142 cm³/mol. The van der Waals surface area contributed by atoms with Crippen molar-refractivity contribution in [3.63, 3.8) is 0 Å². The molecule has 0 bridgehead atoms. The highest BCUT2D eigenvalue weighted by molar-refractivity contribution is 7.90. The van der Waals surface area contributed by atoms with E-state index >= 15 is 0 Å². The number of aromatic nitrogens is 2. The third kappa shape index (κ3) is 4.61. The third-order valence-corrected chi connectivity index (χ3v) is 8.45. The number of rotatable bonds is 7. The first-order chi connectivity index (χ1) is 17.0. The van der Waals surface area contributed by atoms with Gasteiger partial charge in [0.25, 0.3) is 10.0 Å². The SMILES string of the molecule is Cc1ccc(S(=O)(=O)n2cc(C(C)C)c3nc(Cc4c(C)cc(OCC#N)c(C)c4C)ccc32)cc1. The molecule has 0 unspecified atom stereocenters. The number of nitrogens with zero attached hydrogens (tertiary/aromatic N) is 3. The lowest BCUT2D eigenvalue weighted by molar-refractivity contribution is 0.365. The Morgan fingerprint density at radius 1 is 1.03 bits per heavy atom. The van der Waals surface area contributed by atoms with Crippen molar-refractivity contribution in [2.75, 3.05) is 6.61 Å². The van der Waals surface area contributed by atoms with E-state index in [1.807, 2.05) is 71.0 Å². The third-order valence-electron chi connectivity index (χ3n) is 6.76. The highest BCUT2D eigenvalue weighted by Crippen LogP contribution is 2.32. The molecule has 0 amide bonds. The molecule has 0 N–H and O–H groups in total. The topological polar surface area (TPSA) is 85.0 Å². The van der Waals surface area contributed by atoms with Gasteiger partial charge in [-0.1, -0.05) is 31.5 Å². The number of hydrogen-bond acceptors (Lipinski definition) is 5. The molecule has 2 aromatic carbocycles. The van der Waals surface area contributed by atoms with Gasteiger partial charge in [0.2, 0.25) is 0 Å². The summed E-state index contributed by atoms with van der Waals surface area (Å²) in [6.07, 6.45) is 2.32. The van der Waals surface area contributed by atoms with Crippen molar-refractivity contribution >= 4 is 21.1 Å². The van der Waals surface area contributed by atoms with Gasteiger partial charge in [-0.2, -0.15) is 5.26 Å². The minimum absolute atomic E-state index is 0.0117. The second kappa shape index (κ2) is 9.79. The van der Waals surface area contributed by atoms with Crippen LogP contribution in [0.2, 0.25) is 0 Å². The molecule has 4 aromatic rings. The Morgan fingerprint density at radius 3 is 2.36 bits per heavy atom. The number of pyridine rings is 1. The van der Waals surface area contributed by atoms with Crippen molar-refractivity contribution in [3.05, 3.63) is 87.7 Å². The molecule has 0 fully saturated rings. The molecular weight excluding hydrogens is 470 g/mol. The van der Waals surface area contributed by atoms with Crippen molar-refractivity contribution < 1.29 is 13.2 Å². The van der Waals surface area contributed by atoms with Crippen molar-refractivity contribution in [1.82, 2.24) is 8.96 Å². The van der Waals surface area contributed by atoms with Crippen LogP contribution in [0, 0.1) is 39.0 Å². The molecule has 0 atom stereocenters. The van der Waals surface area contributed by atoms with E-state index in [0.717, 1.165) is 44.8 Å². The Hall–Kier alpha value is -3.63. The molecule has 186 valence electrons. The molecule has 0 aliphatic rings. The smallest absolute Gasteiger partial charge is 0.268 e. The summed E-state index contributed by atoms with van der Waals surface area (Å²) in [7, 11) is -3.76. The quantitative estimate of drug-likeness (QED) is 0.304. The van der Waals surface area contributed by atoms with Gasteiger partial charge in [-0.3, -0.25) is 4.98 Å². The van der Waals surface area contributed by atoms with Crippen LogP contribution < -0.4 is 4.74 Å². The van der Waals surface area contributed by atoms with Crippen molar-refractivity contribution in [1.29, 1.82) is 5.26 Å². The van der Waals surface area contributed by atoms with Crippen LogP contribution >= 0.6 is 0 Å². The second-order valence-corrected chi connectivity index (χ2v) is 11.4. The monoisotopic (exact) mass is 501 g/mol. The summed E-state index contributed by atoms with van der Waals surface area (Å²) in [5, 5.41) is 8.86. The average Bonchev–Trinajstić information content (AvgIpc) is 3.23. The van der Waals surface area contributed by atoms with Crippen LogP contribution in [0.15, 0.2) is 53.6 Å². The molecule has 7 heteroatoms. The fraction of sp³-hybridized carbons (Fsp3) is 0.310. The summed E-state index contributed by atoms with van der Waals surface area (Å²) in [6, 6.07) is 14.7. The maximum atomic E-state index is 13.5. The van der Waals surface area contributed by atoms with Gasteiger partial charge >= 0.3 is 0 Å². The molecule has 0 radical (unpaired) electrons. The predicted octanol–water partition coefficient (Wildman–Crippen LogP) is 6.12. The molecule has 0 spiro atoms. The Balaban J connectivity index is 1.79. The van der Waals surface area contributed by atoms with Crippen LogP contribution in [-0.2, 0) is 16.4 Å². The van der Waals surface area contributed by atoms with Crippen LogP contribution in [0.1, 0.15) is 58.8 Å². The van der Waals surface area contributed by atoms with Crippen molar-refractivity contribution in [3.8, 4) is 11.8 Å². The zero-order valence-corrected chi connectivity index (χ0v) is 22.4. The first-order valence-corrected chi connectivity index (χ1v) is 13.4. The molecule has 0 saturated carbocycles. The Morgan fingerprint density at radius 2 is 1.72 bits per heavy atom. The molecule has 4 rings (SSSR count). The van der Waals surface area contributed by atoms with Gasteiger partial charge in [0.15, 0.2) is 6.61 Å². The summed E-state index contributed by atoms with van der Waals surface area (Å²) in [5.74, 6) is 0.825. The summed E-state index contributed by atoms with van der Waals surface area (Å²) in [4.78, 5) is 5.21. The molecule has 2 aromatic heterocycles. The minimum atomic E-state index is -3.76. The molecule has 36 heavy (non-hydrogen) atoms. The van der Waals surface area contributed by atoms with Crippen LogP contribution in [0.5, 0.6) is 5.75 Å².